The first-order valence-electron chi connectivity index (χ1n) is 6.60. The molecule has 1 aliphatic carbocycles. The van der Waals surface area contributed by atoms with Crippen LogP contribution in [0.25, 0.3) is 0 Å². The summed E-state index contributed by atoms with van der Waals surface area (Å²) in [7, 11) is 0. The zero-order chi connectivity index (χ0) is 14.0. The lowest BCUT2D eigenvalue weighted by molar-refractivity contribution is -0.140. The smallest absolute Gasteiger partial charge is 0.308 e. The molecule has 0 amide bonds. The lowest BCUT2D eigenvalue weighted by Crippen LogP contribution is -2.33. The number of carboxylic acid groups (broad SMARTS) is 1. The number of hydrogen-bond acceptors (Lipinski definition) is 4. The zero-order valence-corrected chi connectivity index (χ0v) is 11.2. The van der Waals surface area contributed by atoms with Gasteiger partial charge in [0.1, 0.15) is 11.6 Å². The monoisotopic (exact) mass is 265 g/mol. The van der Waals surface area contributed by atoms with E-state index in [1.165, 1.54) is 6.07 Å². The van der Waals surface area contributed by atoms with Gasteiger partial charge in [-0.15, -0.1) is 0 Å². The number of rotatable bonds is 6. The predicted molar refractivity (Wildman–Crippen MR) is 71.5 cm³/mol. The molecule has 19 heavy (non-hydrogen) atoms. The first-order valence-corrected chi connectivity index (χ1v) is 6.60. The molecule has 1 atom stereocenters. The van der Waals surface area contributed by atoms with E-state index >= 15 is 0 Å². The summed E-state index contributed by atoms with van der Waals surface area (Å²) in [6, 6.07) is 1.43. The van der Waals surface area contributed by atoms with E-state index in [0.717, 1.165) is 18.7 Å². The normalized spacial score (nSPS) is 16.1. The Morgan fingerprint density at radius 3 is 2.84 bits per heavy atom. The molecule has 104 valence electrons. The summed E-state index contributed by atoms with van der Waals surface area (Å²) in [6.45, 7) is 4.55. The lowest BCUT2D eigenvalue weighted by atomic mass is 10.1. The minimum Gasteiger partial charge on any atom is -0.481 e. The Morgan fingerprint density at radius 1 is 1.63 bits per heavy atom. The van der Waals surface area contributed by atoms with Crippen molar-refractivity contribution in [2.45, 2.75) is 32.6 Å². The van der Waals surface area contributed by atoms with Crippen molar-refractivity contribution in [1.82, 2.24) is 9.97 Å². The van der Waals surface area contributed by atoms with Crippen molar-refractivity contribution in [2.24, 2.45) is 5.92 Å². The van der Waals surface area contributed by atoms with Crippen LogP contribution in [0.3, 0.4) is 0 Å². The Labute approximate surface area is 111 Å². The van der Waals surface area contributed by atoms with Crippen molar-refractivity contribution >= 4 is 11.8 Å². The third-order valence-electron chi connectivity index (χ3n) is 3.33. The highest BCUT2D eigenvalue weighted by molar-refractivity contribution is 5.70. The average Bonchev–Trinajstić information content (AvgIpc) is 3.18. The fourth-order valence-corrected chi connectivity index (χ4v) is 1.97. The van der Waals surface area contributed by atoms with E-state index in [4.69, 9.17) is 5.11 Å². The topological polar surface area (TPSA) is 86.3 Å². The molecule has 0 saturated heterocycles. The summed E-state index contributed by atoms with van der Waals surface area (Å²) in [5.41, 5.74) is -0.173. The molecule has 1 aliphatic rings. The Bertz CT molecular complexity index is 522. The van der Waals surface area contributed by atoms with Gasteiger partial charge in [-0.05, 0) is 19.8 Å². The van der Waals surface area contributed by atoms with Crippen LogP contribution in [0.1, 0.15) is 38.4 Å². The van der Waals surface area contributed by atoms with Crippen LogP contribution < -0.4 is 10.5 Å². The molecule has 2 rings (SSSR count). The van der Waals surface area contributed by atoms with Crippen molar-refractivity contribution in [3.63, 3.8) is 0 Å². The molecule has 0 spiro atoms. The molecule has 0 aliphatic heterocycles. The van der Waals surface area contributed by atoms with Gasteiger partial charge in [0.05, 0.1) is 5.92 Å². The van der Waals surface area contributed by atoms with Gasteiger partial charge in [-0.3, -0.25) is 9.59 Å². The molecule has 1 unspecified atom stereocenters. The Morgan fingerprint density at radius 2 is 2.32 bits per heavy atom. The summed E-state index contributed by atoms with van der Waals surface area (Å²) in [5.74, 6) is 0.324. The molecule has 1 fully saturated rings. The summed E-state index contributed by atoms with van der Waals surface area (Å²) in [4.78, 5) is 31.6. The molecule has 1 aromatic rings. The van der Waals surface area contributed by atoms with Gasteiger partial charge in [0.2, 0.25) is 0 Å². The second-order valence-electron chi connectivity index (χ2n) is 5.04. The van der Waals surface area contributed by atoms with Gasteiger partial charge in [-0.25, -0.2) is 4.98 Å². The number of aromatic amines is 1. The van der Waals surface area contributed by atoms with E-state index in [1.54, 1.807) is 6.92 Å². The van der Waals surface area contributed by atoms with Gasteiger partial charge >= 0.3 is 5.97 Å². The van der Waals surface area contributed by atoms with Gasteiger partial charge in [0.15, 0.2) is 0 Å². The fraction of sp³-hybridized carbons (Fsp3) is 0.615. The number of aromatic nitrogens is 2. The van der Waals surface area contributed by atoms with E-state index in [0.29, 0.717) is 24.8 Å². The highest BCUT2D eigenvalue weighted by Crippen LogP contribution is 2.37. The number of anilines is 1. The summed E-state index contributed by atoms with van der Waals surface area (Å²) in [6.07, 6.45) is 2.12. The molecule has 6 nitrogen and oxygen atoms in total. The minimum absolute atomic E-state index is 0.173. The van der Waals surface area contributed by atoms with Gasteiger partial charge in [0, 0.05) is 25.1 Å². The fourth-order valence-electron chi connectivity index (χ4n) is 1.97. The maximum absolute atomic E-state index is 11.6. The number of hydrogen-bond donors (Lipinski definition) is 2. The van der Waals surface area contributed by atoms with Crippen molar-refractivity contribution in [1.29, 1.82) is 0 Å². The quantitative estimate of drug-likeness (QED) is 0.807. The van der Waals surface area contributed by atoms with Gasteiger partial charge in [-0.1, -0.05) is 6.92 Å². The highest BCUT2D eigenvalue weighted by atomic mass is 16.4. The van der Waals surface area contributed by atoms with E-state index in [1.807, 2.05) is 11.8 Å². The number of nitrogens with zero attached hydrogens (tertiary/aromatic N) is 2. The Hall–Kier alpha value is -1.85. The molecule has 0 bridgehead atoms. The number of carbonyl (C=O) groups is 1. The first-order chi connectivity index (χ1) is 9.01. The van der Waals surface area contributed by atoms with Crippen LogP contribution in [-0.4, -0.2) is 34.1 Å². The highest BCUT2D eigenvalue weighted by Gasteiger charge is 2.27. The largest absolute Gasteiger partial charge is 0.481 e. The number of nitrogens with one attached hydrogen (secondary N) is 1. The van der Waals surface area contributed by atoms with Crippen LogP contribution >= 0.6 is 0 Å². The molecule has 0 aromatic carbocycles. The summed E-state index contributed by atoms with van der Waals surface area (Å²) in [5, 5.41) is 8.97. The van der Waals surface area contributed by atoms with Crippen LogP contribution in [0.15, 0.2) is 10.9 Å². The number of carboxylic acids is 1. The van der Waals surface area contributed by atoms with Crippen LogP contribution in [-0.2, 0) is 4.79 Å². The van der Waals surface area contributed by atoms with Crippen molar-refractivity contribution < 1.29 is 9.90 Å². The van der Waals surface area contributed by atoms with Gasteiger partial charge < -0.3 is 15.0 Å². The van der Waals surface area contributed by atoms with Crippen LogP contribution in [0, 0.1) is 5.92 Å². The third kappa shape index (κ3) is 3.33. The van der Waals surface area contributed by atoms with Crippen molar-refractivity contribution in [2.75, 3.05) is 18.0 Å². The van der Waals surface area contributed by atoms with Gasteiger partial charge in [-0.2, -0.15) is 0 Å². The maximum atomic E-state index is 11.6. The molecule has 6 heteroatoms. The van der Waals surface area contributed by atoms with E-state index < -0.39 is 11.9 Å². The molecule has 1 aromatic heterocycles. The SMILES string of the molecule is CCN(CC(C)C(=O)O)c1cc(=O)[nH]c(C2CC2)n1. The molecule has 0 radical (unpaired) electrons. The second kappa shape index (κ2) is 5.42. The zero-order valence-electron chi connectivity index (χ0n) is 11.2. The molecule has 1 heterocycles. The standard InChI is InChI=1S/C13H19N3O3/c1-3-16(7-8(2)13(18)19)10-6-11(17)15-12(14-10)9-4-5-9/h6,8-9H,3-5,7H2,1-2H3,(H,18,19)(H,14,15,17). The first kappa shape index (κ1) is 13.6. The van der Waals surface area contributed by atoms with E-state index in [9.17, 15) is 9.59 Å². The third-order valence-corrected chi connectivity index (χ3v) is 3.33. The second-order valence-corrected chi connectivity index (χ2v) is 5.04. The van der Waals surface area contributed by atoms with Crippen molar-refractivity contribution in [3.8, 4) is 0 Å². The number of H-pyrrole nitrogens is 1. The van der Waals surface area contributed by atoms with E-state index in [-0.39, 0.29) is 5.56 Å². The Balaban J connectivity index is 2.22. The predicted octanol–water partition coefficient (Wildman–Crippen LogP) is 1.19. The molecule has 1 saturated carbocycles. The maximum Gasteiger partial charge on any atom is 0.308 e. The molecular weight excluding hydrogens is 246 g/mol. The lowest BCUT2D eigenvalue weighted by Gasteiger charge is -2.24. The summed E-state index contributed by atoms with van der Waals surface area (Å²) < 4.78 is 0. The molecular formula is C13H19N3O3. The number of aliphatic carboxylic acids is 1. The van der Waals surface area contributed by atoms with Crippen LogP contribution in [0.4, 0.5) is 5.82 Å². The van der Waals surface area contributed by atoms with Crippen LogP contribution in [0.5, 0.6) is 0 Å². The minimum atomic E-state index is -0.842. The average molecular weight is 265 g/mol. The van der Waals surface area contributed by atoms with E-state index in [2.05, 4.69) is 9.97 Å². The van der Waals surface area contributed by atoms with Crippen LogP contribution in [0.2, 0.25) is 0 Å². The van der Waals surface area contributed by atoms with Gasteiger partial charge in [0.25, 0.3) is 5.56 Å². The van der Waals surface area contributed by atoms with Crippen molar-refractivity contribution in [3.05, 3.63) is 22.2 Å². The Kier molecular flexibility index (Phi) is 3.87. The molecule has 2 N–H and O–H groups in total. The summed E-state index contributed by atoms with van der Waals surface area (Å²) >= 11 is 0.